The van der Waals surface area contributed by atoms with Crippen molar-refractivity contribution in [2.45, 2.75) is 45.3 Å². The van der Waals surface area contributed by atoms with E-state index in [-0.39, 0.29) is 13.0 Å². The maximum Gasteiger partial charge on any atom is 0.375 e. The lowest BCUT2D eigenvalue weighted by Crippen LogP contribution is -2.43. The molecular formula is C14H22N4O4. The summed E-state index contributed by atoms with van der Waals surface area (Å²) in [6.45, 7) is 5.06. The second-order valence-corrected chi connectivity index (χ2v) is 5.85. The fourth-order valence-corrected chi connectivity index (χ4v) is 1.59. The number of hydrogen-bond donors (Lipinski definition) is 3. The van der Waals surface area contributed by atoms with Crippen molar-refractivity contribution in [1.82, 2.24) is 15.3 Å². The Labute approximate surface area is 128 Å². The zero-order valence-electron chi connectivity index (χ0n) is 13.0. The van der Waals surface area contributed by atoms with Crippen LogP contribution in [0.3, 0.4) is 0 Å². The zero-order chi connectivity index (χ0) is 16.8. The number of aromatic amines is 1. The summed E-state index contributed by atoms with van der Waals surface area (Å²) in [5.41, 5.74) is 5.76. The molecule has 0 aromatic carbocycles. The highest BCUT2D eigenvalue weighted by atomic mass is 16.6. The summed E-state index contributed by atoms with van der Waals surface area (Å²) in [4.78, 5) is 41.4. The molecule has 0 unspecified atom stereocenters. The zero-order valence-corrected chi connectivity index (χ0v) is 13.0. The predicted octanol–water partition coefficient (Wildman–Crippen LogP) is -0.303. The average molecular weight is 310 g/mol. The van der Waals surface area contributed by atoms with E-state index < -0.39 is 29.3 Å². The van der Waals surface area contributed by atoms with Crippen LogP contribution in [0.5, 0.6) is 0 Å². The summed E-state index contributed by atoms with van der Waals surface area (Å²) in [6, 6.07) is -0.753. The molecule has 8 nitrogen and oxygen atoms in total. The van der Waals surface area contributed by atoms with Crippen molar-refractivity contribution < 1.29 is 19.1 Å². The molecule has 0 radical (unpaired) electrons. The van der Waals surface area contributed by atoms with Gasteiger partial charge in [0, 0.05) is 31.3 Å². The topological polar surface area (TPSA) is 127 Å². The van der Waals surface area contributed by atoms with Crippen LogP contribution in [0.4, 0.5) is 0 Å². The molecule has 1 aromatic rings. The van der Waals surface area contributed by atoms with Crippen LogP contribution in [0, 0.1) is 0 Å². The molecule has 0 saturated carbocycles. The van der Waals surface area contributed by atoms with Crippen LogP contribution in [0.15, 0.2) is 12.5 Å². The molecule has 1 atom stereocenters. The number of H-pyrrole nitrogens is 1. The second-order valence-electron chi connectivity index (χ2n) is 5.85. The van der Waals surface area contributed by atoms with Gasteiger partial charge >= 0.3 is 5.97 Å². The van der Waals surface area contributed by atoms with Crippen molar-refractivity contribution in [3.8, 4) is 0 Å². The number of nitrogens with zero attached hydrogens (tertiary/aromatic N) is 1. The predicted molar refractivity (Wildman–Crippen MR) is 78.7 cm³/mol. The van der Waals surface area contributed by atoms with E-state index in [2.05, 4.69) is 15.3 Å². The molecule has 0 aliphatic heterocycles. The monoisotopic (exact) mass is 310 g/mol. The molecule has 1 amide bonds. The van der Waals surface area contributed by atoms with Gasteiger partial charge in [-0.15, -0.1) is 0 Å². The van der Waals surface area contributed by atoms with Crippen LogP contribution in [-0.2, 0) is 25.5 Å². The van der Waals surface area contributed by atoms with Crippen molar-refractivity contribution >= 4 is 17.7 Å². The lowest BCUT2D eigenvalue weighted by Gasteiger charge is -2.18. The van der Waals surface area contributed by atoms with E-state index in [9.17, 15) is 14.4 Å². The number of hydrogen-bond acceptors (Lipinski definition) is 6. The average Bonchev–Trinajstić information content (AvgIpc) is 2.89. The lowest BCUT2D eigenvalue weighted by molar-refractivity contribution is -0.162. The number of ketones is 1. The molecule has 0 fully saturated rings. The molecule has 0 aliphatic rings. The van der Waals surface area contributed by atoms with E-state index in [1.807, 2.05) is 0 Å². The molecule has 0 saturated heterocycles. The Kier molecular flexibility index (Phi) is 6.24. The van der Waals surface area contributed by atoms with E-state index in [4.69, 9.17) is 10.5 Å². The van der Waals surface area contributed by atoms with Gasteiger partial charge in [0.1, 0.15) is 5.60 Å². The molecule has 1 aromatic heterocycles. The Morgan fingerprint density at radius 3 is 2.64 bits per heavy atom. The number of carbonyl (C=O) groups excluding carboxylic acids is 3. The maximum atomic E-state index is 11.8. The van der Waals surface area contributed by atoms with Crippen molar-refractivity contribution in [3.05, 3.63) is 18.2 Å². The van der Waals surface area contributed by atoms with Gasteiger partial charge in [0.15, 0.2) is 0 Å². The van der Waals surface area contributed by atoms with Crippen LogP contribution < -0.4 is 11.1 Å². The first kappa shape index (κ1) is 17.8. The molecular weight excluding hydrogens is 288 g/mol. The van der Waals surface area contributed by atoms with Crippen molar-refractivity contribution in [2.75, 3.05) is 6.54 Å². The molecule has 0 spiro atoms. The Morgan fingerprint density at radius 1 is 1.41 bits per heavy atom. The Hall–Kier alpha value is -2.22. The normalized spacial score (nSPS) is 12.5. The Morgan fingerprint density at radius 2 is 2.09 bits per heavy atom. The lowest BCUT2D eigenvalue weighted by atomic mass is 10.1. The molecule has 0 aliphatic carbocycles. The van der Waals surface area contributed by atoms with E-state index >= 15 is 0 Å². The quantitative estimate of drug-likeness (QED) is 0.468. The molecule has 4 N–H and O–H groups in total. The van der Waals surface area contributed by atoms with Gasteiger partial charge in [-0.05, 0) is 20.8 Å². The van der Waals surface area contributed by atoms with Gasteiger partial charge in [-0.3, -0.25) is 9.59 Å². The summed E-state index contributed by atoms with van der Waals surface area (Å²) >= 11 is 0. The van der Waals surface area contributed by atoms with E-state index in [1.54, 1.807) is 27.0 Å². The first-order chi connectivity index (χ1) is 10.2. The molecule has 22 heavy (non-hydrogen) atoms. The van der Waals surface area contributed by atoms with E-state index in [0.29, 0.717) is 6.42 Å². The number of Topliss-reactive ketones (excluding diaryl/α,β-unsaturated/α-hetero) is 1. The Balaban J connectivity index is 2.29. The number of amides is 1. The highest BCUT2D eigenvalue weighted by Gasteiger charge is 2.22. The summed E-state index contributed by atoms with van der Waals surface area (Å²) in [7, 11) is 0. The number of aromatic nitrogens is 2. The van der Waals surface area contributed by atoms with E-state index in [1.165, 1.54) is 6.33 Å². The largest absolute Gasteiger partial charge is 0.454 e. The SMILES string of the molecule is CC(C)(C)OC(=O)C(=O)CCNC(=O)[C@@H](N)Cc1cnc[nH]1. The van der Waals surface area contributed by atoms with Crippen LogP contribution in [-0.4, -0.2) is 45.8 Å². The summed E-state index contributed by atoms with van der Waals surface area (Å²) in [5, 5.41) is 2.52. The number of rotatable bonds is 7. The highest BCUT2D eigenvalue weighted by Crippen LogP contribution is 2.07. The maximum absolute atomic E-state index is 11.8. The third-order valence-electron chi connectivity index (χ3n) is 2.61. The minimum Gasteiger partial charge on any atom is -0.454 e. The number of imidazole rings is 1. The Bertz CT molecular complexity index is 519. The molecule has 122 valence electrons. The first-order valence-electron chi connectivity index (χ1n) is 6.96. The number of ether oxygens (including phenoxy) is 1. The van der Waals surface area contributed by atoms with Gasteiger partial charge in [0.05, 0.1) is 12.4 Å². The fourth-order valence-electron chi connectivity index (χ4n) is 1.59. The standard InChI is InChI=1S/C14H22N4O4/c1-14(2,3)22-13(21)11(19)4-5-17-12(20)10(15)6-9-7-16-8-18-9/h7-8,10H,4-6,15H2,1-3H3,(H,16,18)(H,17,20)/t10-/m0/s1. The van der Waals surface area contributed by atoms with Gasteiger partial charge in [-0.25, -0.2) is 9.78 Å². The smallest absolute Gasteiger partial charge is 0.375 e. The van der Waals surface area contributed by atoms with Crippen LogP contribution in [0.2, 0.25) is 0 Å². The van der Waals surface area contributed by atoms with Gasteiger partial charge in [-0.1, -0.05) is 0 Å². The van der Waals surface area contributed by atoms with Gasteiger partial charge in [-0.2, -0.15) is 0 Å². The van der Waals surface area contributed by atoms with Crippen LogP contribution in [0.1, 0.15) is 32.9 Å². The molecule has 8 heteroatoms. The van der Waals surface area contributed by atoms with Crippen molar-refractivity contribution in [1.29, 1.82) is 0 Å². The second kappa shape index (κ2) is 7.69. The van der Waals surface area contributed by atoms with Crippen LogP contribution in [0.25, 0.3) is 0 Å². The van der Waals surface area contributed by atoms with Crippen LogP contribution >= 0.6 is 0 Å². The summed E-state index contributed by atoms with van der Waals surface area (Å²) in [6.07, 6.45) is 3.27. The molecule has 0 bridgehead atoms. The minimum absolute atomic E-state index is 0.0353. The number of nitrogens with two attached hydrogens (primary N) is 1. The van der Waals surface area contributed by atoms with E-state index in [0.717, 1.165) is 5.69 Å². The third-order valence-corrected chi connectivity index (χ3v) is 2.61. The van der Waals surface area contributed by atoms with Crippen molar-refractivity contribution in [2.24, 2.45) is 5.73 Å². The summed E-state index contributed by atoms with van der Waals surface area (Å²) in [5.74, 6) is -1.98. The van der Waals surface area contributed by atoms with Gasteiger partial charge < -0.3 is 20.8 Å². The third kappa shape index (κ3) is 6.49. The summed E-state index contributed by atoms with van der Waals surface area (Å²) < 4.78 is 4.94. The number of esters is 1. The van der Waals surface area contributed by atoms with Gasteiger partial charge in [0.2, 0.25) is 11.7 Å². The number of carbonyl (C=O) groups is 3. The number of nitrogens with one attached hydrogen (secondary N) is 2. The molecule has 1 rings (SSSR count). The van der Waals surface area contributed by atoms with Gasteiger partial charge in [0.25, 0.3) is 0 Å². The highest BCUT2D eigenvalue weighted by molar-refractivity contribution is 6.33. The first-order valence-corrected chi connectivity index (χ1v) is 6.96. The van der Waals surface area contributed by atoms with Crippen molar-refractivity contribution in [3.63, 3.8) is 0 Å². The minimum atomic E-state index is -0.900. The fraction of sp³-hybridized carbons (Fsp3) is 0.571. The molecule has 1 heterocycles.